The summed E-state index contributed by atoms with van der Waals surface area (Å²) in [5, 5.41) is 11.5. The first-order chi connectivity index (χ1) is 4.70. The second-order valence-corrected chi connectivity index (χ2v) is 2.97. The fourth-order valence-electron chi connectivity index (χ4n) is 1.30. The normalized spacial score (nSPS) is 33.7. The van der Waals surface area contributed by atoms with Crippen molar-refractivity contribution in [2.75, 3.05) is 6.54 Å². The van der Waals surface area contributed by atoms with E-state index in [2.05, 4.69) is 12.2 Å². The third-order valence-corrected chi connectivity index (χ3v) is 1.96. The molecule has 2 atom stereocenters. The van der Waals surface area contributed by atoms with Crippen molar-refractivity contribution in [3.8, 4) is 0 Å². The molecule has 0 saturated carbocycles. The first-order valence-electron chi connectivity index (χ1n) is 3.66. The predicted molar refractivity (Wildman–Crippen MR) is 37.8 cm³/mol. The molecule has 0 aromatic rings. The van der Waals surface area contributed by atoms with Gasteiger partial charge in [0.25, 0.3) is 0 Å². The third kappa shape index (κ3) is 1.70. The molecular weight excluding hydrogens is 130 g/mol. The number of hydrogen-bond acceptors (Lipinski definition) is 2. The van der Waals surface area contributed by atoms with Gasteiger partial charge in [0.1, 0.15) is 6.04 Å². The second-order valence-electron chi connectivity index (χ2n) is 2.97. The van der Waals surface area contributed by atoms with Gasteiger partial charge < -0.3 is 10.4 Å². The van der Waals surface area contributed by atoms with Gasteiger partial charge in [-0.3, -0.25) is 4.79 Å². The zero-order valence-electron chi connectivity index (χ0n) is 6.13. The van der Waals surface area contributed by atoms with Crippen LogP contribution in [0.3, 0.4) is 0 Å². The van der Waals surface area contributed by atoms with Crippen molar-refractivity contribution in [3.05, 3.63) is 0 Å². The maximum absolute atomic E-state index is 10.4. The van der Waals surface area contributed by atoms with Crippen LogP contribution in [0.4, 0.5) is 0 Å². The SMILES string of the molecule is C[C@H]1CCNC(C(=O)O)C1. The molecule has 1 aliphatic heterocycles. The summed E-state index contributed by atoms with van der Waals surface area (Å²) in [5.41, 5.74) is 0. The Bertz CT molecular complexity index is 136. The molecule has 1 saturated heterocycles. The van der Waals surface area contributed by atoms with Crippen LogP contribution in [0.1, 0.15) is 19.8 Å². The monoisotopic (exact) mass is 143 g/mol. The summed E-state index contributed by atoms with van der Waals surface area (Å²) in [7, 11) is 0. The van der Waals surface area contributed by atoms with Crippen molar-refractivity contribution in [1.29, 1.82) is 0 Å². The molecule has 0 aliphatic carbocycles. The molecule has 0 amide bonds. The van der Waals surface area contributed by atoms with Crippen molar-refractivity contribution in [2.24, 2.45) is 5.92 Å². The van der Waals surface area contributed by atoms with Crippen LogP contribution in [0.25, 0.3) is 0 Å². The Labute approximate surface area is 60.4 Å². The molecule has 1 aliphatic rings. The van der Waals surface area contributed by atoms with Crippen molar-refractivity contribution >= 4 is 5.97 Å². The zero-order valence-corrected chi connectivity index (χ0v) is 6.13. The molecule has 0 bridgehead atoms. The quantitative estimate of drug-likeness (QED) is 0.560. The Balaban J connectivity index is 2.39. The van der Waals surface area contributed by atoms with Crippen LogP contribution in [-0.2, 0) is 4.79 Å². The molecule has 1 heterocycles. The number of aliphatic carboxylic acids is 1. The Morgan fingerprint density at radius 1 is 1.70 bits per heavy atom. The van der Waals surface area contributed by atoms with Gasteiger partial charge in [0.05, 0.1) is 0 Å². The van der Waals surface area contributed by atoms with Gasteiger partial charge in [0.15, 0.2) is 0 Å². The summed E-state index contributed by atoms with van der Waals surface area (Å²) in [5.74, 6) is -0.158. The van der Waals surface area contributed by atoms with E-state index in [1.807, 2.05) is 0 Å². The lowest BCUT2D eigenvalue weighted by molar-refractivity contribution is -0.140. The molecule has 3 nitrogen and oxygen atoms in total. The predicted octanol–water partition coefficient (Wildman–Crippen LogP) is 0.459. The van der Waals surface area contributed by atoms with Crippen molar-refractivity contribution < 1.29 is 9.90 Å². The minimum Gasteiger partial charge on any atom is -0.480 e. The Morgan fingerprint density at radius 2 is 2.40 bits per heavy atom. The smallest absolute Gasteiger partial charge is 0.320 e. The Hall–Kier alpha value is -0.570. The Morgan fingerprint density at radius 3 is 2.80 bits per heavy atom. The summed E-state index contributed by atoms with van der Waals surface area (Å²) in [6, 6.07) is -0.302. The minimum atomic E-state index is -0.716. The standard InChI is InChI=1S/C7H13NO2/c1-5-2-3-8-6(4-5)7(9)10/h5-6,8H,2-4H2,1H3,(H,9,10)/t5-,6?/m0/s1. The zero-order chi connectivity index (χ0) is 7.56. The average molecular weight is 143 g/mol. The number of carboxylic acids is 1. The van der Waals surface area contributed by atoms with E-state index in [0.29, 0.717) is 5.92 Å². The van der Waals surface area contributed by atoms with E-state index < -0.39 is 5.97 Å². The molecule has 2 N–H and O–H groups in total. The molecule has 0 radical (unpaired) electrons. The third-order valence-electron chi connectivity index (χ3n) is 1.96. The van der Waals surface area contributed by atoms with Crippen LogP contribution in [0.2, 0.25) is 0 Å². The van der Waals surface area contributed by atoms with E-state index in [0.717, 1.165) is 19.4 Å². The maximum atomic E-state index is 10.4. The van der Waals surface area contributed by atoms with Crippen LogP contribution < -0.4 is 5.32 Å². The number of carboxylic acid groups (broad SMARTS) is 1. The van der Waals surface area contributed by atoms with Crippen LogP contribution in [0, 0.1) is 5.92 Å². The van der Waals surface area contributed by atoms with Crippen molar-refractivity contribution in [3.63, 3.8) is 0 Å². The fourth-order valence-corrected chi connectivity index (χ4v) is 1.30. The molecule has 1 unspecified atom stereocenters. The van der Waals surface area contributed by atoms with E-state index >= 15 is 0 Å². The molecule has 0 aromatic heterocycles. The highest BCUT2D eigenvalue weighted by Gasteiger charge is 2.23. The lowest BCUT2D eigenvalue weighted by Gasteiger charge is -2.24. The van der Waals surface area contributed by atoms with Crippen LogP contribution in [0.15, 0.2) is 0 Å². The average Bonchev–Trinajstić information content (AvgIpc) is 1.88. The van der Waals surface area contributed by atoms with Gasteiger partial charge in [-0.25, -0.2) is 0 Å². The fraction of sp³-hybridized carbons (Fsp3) is 0.857. The van der Waals surface area contributed by atoms with E-state index in [4.69, 9.17) is 5.11 Å². The van der Waals surface area contributed by atoms with Gasteiger partial charge in [0, 0.05) is 0 Å². The lowest BCUT2D eigenvalue weighted by atomic mass is 9.94. The topological polar surface area (TPSA) is 49.3 Å². The highest BCUT2D eigenvalue weighted by molar-refractivity contribution is 5.73. The molecule has 3 heteroatoms. The van der Waals surface area contributed by atoms with Crippen LogP contribution in [0.5, 0.6) is 0 Å². The number of carbonyl (C=O) groups is 1. The van der Waals surface area contributed by atoms with Gasteiger partial charge in [-0.1, -0.05) is 6.92 Å². The van der Waals surface area contributed by atoms with E-state index in [1.54, 1.807) is 0 Å². The number of hydrogen-bond donors (Lipinski definition) is 2. The maximum Gasteiger partial charge on any atom is 0.320 e. The molecule has 1 fully saturated rings. The molecular formula is C7H13NO2. The molecule has 0 spiro atoms. The van der Waals surface area contributed by atoms with Crippen molar-refractivity contribution in [2.45, 2.75) is 25.8 Å². The number of nitrogens with one attached hydrogen (secondary N) is 1. The molecule has 0 aromatic carbocycles. The summed E-state index contributed by atoms with van der Waals surface area (Å²) < 4.78 is 0. The van der Waals surface area contributed by atoms with Gasteiger partial charge in [-0.15, -0.1) is 0 Å². The lowest BCUT2D eigenvalue weighted by Crippen LogP contribution is -2.42. The van der Waals surface area contributed by atoms with Gasteiger partial charge in [-0.2, -0.15) is 0 Å². The highest BCUT2D eigenvalue weighted by atomic mass is 16.4. The number of piperidine rings is 1. The molecule has 10 heavy (non-hydrogen) atoms. The van der Waals surface area contributed by atoms with Gasteiger partial charge in [-0.05, 0) is 25.3 Å². The summed E-state index contributed by atoms with van der Waals surface area (Å²) >= 11 is 0. The first-order valence-corrected chi connectivity index (χ1v) is 3.66. The first kappa shape index (κ1) is 7.54. The summed E-state index contributed by atoms with van der Waals surface area (Å²) in [4.78, 5) is 10.4. The highest BCUT2D eigenvalue weighted by Crippen LogP contribution is 2.14. The minimum absolute atomic E-state index is 0.302. The van der Waals surface area contributed by atoms with Crippen LogP contribution in [-0.4, -0.2) is 23.7 Å². The second kappa shape index (κ2) is 3.01. The number of rotatable bonds is 1. The van der Waals surface area contributed by atoms with Gasteiger partial charge >= 0.3 is 5.97 Å². The van der Waals surface area contributed by atoms with E-state index in [1.165, 1.54) is 0 Å². The van der Waals surface area contributed by atoms with E-state index in [9.17, 15) is 4.79 Å². The molecule has 58 valence electrons. The molecule has 1 rings (SSSR count). The van der Waals surface area contributed by atoms with Crippen molar-refractivity contribution in [1.82, 2.24) is 5.32 Å². The van der Waals surface area contributed by atoms with Crippen LogP contribution >= 0.6 is 0 Å². The largest absolute Gasteiger partial charge is 0.480 e. The summed E-state index contributed by atoms with van der Waals surface area (Å²) in [6.45, 7) is 2.94. The Kier molecular flexibility index (Phi) is 2.27. The van der Waals surface area contributed by atoms with Gasteiger partial charge in [0.2, 0.25) is 0 Å². The van der Waals surface area contributed by atoms with E-state index in [-0.39, 0.29) is 6.04 Å². The summed E-state index contributed by atoms with van der Waals surface area (Å²) in [6.07, 6.45) is 1.87.